The molecule has 102 valence electrons. The van der Waals surface area contributed by atoms with Gasteiger partial charge in [0.1, 0.15) is 4.99 Å². The molecule has 1 unspecified atom stereocenters. The van der Waals surface area contributed by atoms with E-state index in [9.17, 15) is 0 Å². The molecule has 0 spiro atoms. The standard InChI is InChI=1S/C17H18N2S/c1-12-10-13-6-2-4-8-15(13)19(11-12)16-9-5-3-7-14(16)17(18)20/h2-9,12H,10-11H2,1H3,(H2,18,20). The minimum Gasteiger partial charge on any atom is -0.389 e. The number of hydrogen-bond donors (Lipinski definition) is 1. The molecule has 3 rings (SSSR count). The zero-order chi connectivity index (χ0) is 14.1. The van der Waals surface area contributed by atoms with E-state index in [1.165, 1.54) is 11.3 Å². The molecule has 0 radical (unpaired) electrons. The largest absolute Gasteiger partial charge is 0.389 e. The average Bonchev–Trinajstić information content (AvgIpc) is 2.46. The van der Waals surface area contributed by atoms with Gasteiger partial charge in [0.05, 0.1) is 5.69 Å². The number of fused-ring (bicyclic) bond motifs is 1. The molecular formula is C17H18N2S. The molecule has 2 nitrogen and oxygen atoms in total. The number of benzene rings is 2. The van der Waals surface area contributed by atoms with Crippen LogP contribution < -0.4 is 10.6 Å². The molecule has 3 heteroatoms. The summed E-state index contributed by atoms with van der Waals surface area (Å²) >= 11 is 5.20. The van der Waals surface area contributed by atoms with Crippen LogP contribution in [0.25, 0.3) is 0 Å². The number of hydrogen-bond acceptors (Lipinski definition) is 2. The molecule has 0 bridgehead atoms. The molecule has 0 fully saturated rings. The Hall–Kier alpha value is -1.87. The van der Waals surface area contributed by atoms with Gasteiger partial charge in [0.15, 0.2) is 0 Å². The van der Waals surface area contributed by atoms with Crippen LogP contribution in [0, 0.1) is 5.92 Å². The normalized spacial score (nSPS) is 17.6. The minimum atomic E-state index is 0.455. The summed E-state index contributed by atoms with van der Waals surface area (Å²) in [5.41, 5.74) is 10.6. The highest BCUT2D eigenvalue weighted by Gasteiger charge is 2.24. The van der Waals surface area contributed by atoms with Crippen molar-refractivity contribution in [2.24, 2.45) is 11.7 Å². The van der Waals surface area contributed by atoms with Gasteiger partial charge in [-0.25, -0.2) is 0 Å². The van der Waals surface area contributed by atoms with E-state index in [0.717, 1.165) is 24.2 Å². The molecule has 2 aromatic rings. The molecule has 1 aliphatic heterocycles. The first-order valence-electron chi connectivity index (χ1n) is 6.91. The summed E-state index contributed by atoms with van der Waals surface area (Å²) in [4.78, 5) is 2.80. The number of anilines is 2. The number of thiocarbonyl (C=S) groups is 1. The summed E-state index contributed by atoms with van der Waals surface area (Å²) in [7, 11) is 0. The Kier molecular flexibility index (Phi) is 3.45. The fraction of sp³-hybridized carbons (Fsp3) is 0.235. The van der Waals surface area contributed by atoms with Crippen molar-refractivity contribution < 1.29 is 0 Å². The lowest BCUT2D eigenvalue weighted by molar-refractivity contribution is 0.562. The minimum absolute atomic E-state index is 0.455. The fourth-order valence-electron chi connectivity index (χ4n) is 2.94. The Morgan fingerprint density at radius 3 is 2.50 bits per heavy atom. The second-order valence-corrected chi connectivity index (χ2v) is 5.87. The van der Waals surface area contributed by atoms with E-state index in [2.05, 4.69) is 42.2 Å². The van der Waals surface area contributed by atoms with Crippen LogP contribution in [0.1, 0.15) is 18.1 Å². The lowest BCUT2D eigenvalue weighted by Gasteiger charge is -2.35. The number of nitrogens with two attached hydrogens (primary N) is 1. The third kappa shape index (κ3) is 2.29. The lowest BCUT2D eigenvalue weighted by Crippen LogP contribution is -2.31. The van der Waals surface area contributed by atoms with Gasteiger partial charge in [-0.2, -0.15) is 0 Å². The van der Waals surface area contributed by atoms with Crippen LogP contribution in [-0.4, -0.2) is 11.5 Å². The van der Waals surface area contributed by atoms with E-state index < -0.39 is 0 Å². The van der Waals surface area contributed by atoms with Crippen molar-refractivity contribution in [2.75, 3.05) is 11.4 Å². The molecule has 1 heterocycles. The molecular weight excluding hydrogens is 264 g/mol. The smallest absolute Gasteiger partial charge is 0.106 e. The van der Waals surface area contributed by atoms with Gasteiger partial charge in [-0.15, -0.1) is 0 Å². The van der Waals surface area contributed by atoms with Crippen molar-refractivity contribution in [1.29, 1.82) is 0 Å². The highest BCUT2D eigenvalue weighted by Crippen LogP contribution is 2.36. The van der Waals surface area contributed by atoms with Gasteiger partial charge < -0.3 is 10.6 Å². The Labute approximate surface area is 125 Å². The maximum absolute atomic E-state index is 5.88. The molecule has 1 atom stereocenters. The van der Waals surface area contributed by atoms with Gasteiger partial charge in [0.2, 0.25) is 0 Å². The van der Waals surface area contributed by atoms with Gasteiger partial charge in [-0.1, -0.05) is 49.5 Å². The third-order valence-electron chi connectivity index (χ3n) is 3.81. The maximum atomic E-state index is 5.88. The van der Waals surface area contributed by atoms with Crippen LogP contribution in [0.4, 0.5) is 11.4 Å². The summed E-state index contributed by atoms with van der Waals surface area (Å²) in [6.07, 6.45) is 1.13. The second kappa shape index (κ2) is 5.25. The van der Waals surface area contributed by atoms with Crippen molar-refractivity contribution >= 4 is 28.6 Å². The Morgan fingerprint density at radius 2 is 1.75 bits per heavy atom. The molecule has 0 aromatic heterocycles. The van der Waals surface area contributed by atoms with Crippen molar-refractivity contribution in [3.05, 3.63) is 59.7 Å². The Balaban J connectivity index is 2.13. The summed E-state index contributed by atoms with van der Waals surface area (Å²) in [5, 5.41) is 0. The average molecular weight is 282 g/mol. The molecule has 2 aromatic carbocycles. The summed E-state index contributed by atoms with van der Waals surface area (Å²) in [5.74, 6) is 0.615. The highest BCUT2D eigenvalue weighted by molar-refractivity contribution is 7.80. The molecule has 0 saturated heterocycles. The summed E-state index contributed by atoms with van der Waals surface area (Å²) < 4.78 is 0. The van der Waals surface area contributed by atoms with Crippen LogP contribution in [0.5, 0.6) is 0 Å². The van der Waals surface area contributed by atoms with Crippen molar-refractivity contribution in [2.45, 2.75) is 13.3 Å². The topological polar surface area (TPSA) is 29.3 Å². The first-order valence-corrected chi connectivity index (χ1v) is 7.32. The van der Waals surface area contributed by atoms with E-state index in [1.54, 1.807) is 0 Å². The summed E-state index contributed by atoms with van der Waals surface area (Å²) in [6, 6.07) is 16.7. The predicted molar refractivity (Wildman–Crippen MR) is 88.6 cm³/mol. The van der Waals surface area contributed by atoms with Gasteiger partial charge in [0.25, 0.3) is 0 Å². The fourth-order valence-corrected chi connectivity index (χ4v) is 3.11. The van der Waals surface area contributed by atoms with Gasteiger partial charge in [-0.05, 0) is 36.1 Å². The molecule has 0 saturated carbocycles. The zero-order valence-corrected chi connectivity index (χ0v) is 12.4. The van der Waals surface area contributed by atoms with Crippen molar-refractivity contribution in [3.8, 4) is 0 Å². The monoisotopic (exact) mass is 282 g/mol. The van der Waals surface area contributed by atoms with Crippen LogP contribution >= 0.6 is 12.2 Å². The SMILES string of the molecule is CC1Cc2ccccc2N(c2ccccc2C(N)=S)C1. The quantitative estimate of drug-likeness (QED) is 0.853. The molecule has 20 heavy (non-hydrogen) atoms. The van der Waals surface area contributed by atoms with E-state index >= 15 is 0 Å². The van der Waals surface area contributed by atoms with Gasteiger partial charge in [-0.3, -0.25) is 0 Å². The third-order valence-corrected chi connectivity index (χ3v) is 4.03. The van der Waals surface area contributed by atoms with Crippen LogP contribution in [0.2, 0.25) is 0 Å². The van der Waals surface area contributed by atoms with E-state index in [-0.39, 0.29) is 0 Å². The molecule has 2 N–H and O–H groups in total. The molecule has 0 amide bonds. The van der Waals surface area contributed by atoms with Crippen LogP contribution in [0.3, 0.4) is 0 Å². The maximum Gasteiger partial charge on any atom is 0.106 e. The van der Waals surface area contributed by atoms with E-state index in [4.69, 9.17) is 18.0 Å². The molecule has 1 aliphatic rings. The predicted octanol–water partition coefficient (Wildman–Crippen LogP) is 3.65. The second-order valence-electron chi connectivity index (χ2n) is 5.43. The lowest BCUT2D eigenvalue weighted by atomic mass is 9.93. The van der Waals surface area contributed by atoms with Crippen LogP contribution in [0.15, 0.2) is 48.5 Å². The van der Waals surface area contributed by atoms with Crippen molar-refractivity contribution in [3.63, 3.8) is 0 Å². The van der Waals surface area contributed by atoms with E-state index in [1.807, 2.05) is 18.2 Å². The van der Waals surface area contributed by atoms with Gasteiger partial charge >= 0.3 is 0 Å². The van der Waals surface area contributed by atoms with E-state index in [0.29, 0.717) is 10.9 Å². The Morgan fingerprint density at radius 1 is 1.10 bits per heavy atom. The van der Waals surface area contributed by atoms with Gasteiger partial charge in [0, 0.05) is 17.8 Å². The number of nitrogens with zero attached hydrogens (tertiary/aromatic N) is 1. The highest BCUT2D eigenvalue weighted by atomic mass is 32.1. The van der Waals surface area contributed by atoms with Crippen molar-refractivity contribution in [1.82, 2.24) is 0 Å². The Bertz CT molecular complexity index is 651. The first-order chi connectivity index (χ1) is 9.66. The number of rotatable bonds is 2. The first kappa shape index (κ1) is 13.1. The molecule has 0 aliphatic carbocycles. The summed E-state index contributed by atoms with van der Waals surface area (Å²) in [6.45, 7) is 3.28. The van der Waals surface area contributed by atoms with Crippen LogP contribution in [-0.2, 0) is 6.42 Å². The zero-order valence-electron chi connectivity index (χ0n) is 11.5. The number of para-hydroxylation sites is 2.